The van der Waals surface area contributed by atoms with Gasteiger partial charge in [0.05, 0.1) is 0 Å². The van der Waals surface area contributed by atoms with Gasteiger partial charge in [-0.15, -0.1) is 12.4 Å². The van der Waals surface area contributed by atoms with Crippen LogP contribution in [0.4, 0.5) is 4.39 Å². The molecule has 0 saturated heterocycles. The van der Waals surface area contributed by atoms with Crippen LogP contribution in [-0.4, -0.2) is 24.6 Å². The number of ether oxygens (including phenoxy) is 1. The highest BCUT2D eigenvalue weighted by atomic mass is 35.5. The van der Waals surface area contributed by atoms with Gasteiger partial charge in [-0.2, -0.15) is 0 Å². The van der Waals surface area contributed by atoms with E-state index in [0.717, 1.165) is 6.42 Å². The van der Waals surface area contributed by atoms with Crippen LogP contribution in [0.2, 0.25) is 0 Å². The van der Waals surface area contributed by atoms with Crippen LogP contribution in [0, 0.1) is 11.7 Å². The number of nitrogens with two attached hydrogens (primary N) is 1. The predicted octanol–water partition coefficient (Wildman–Crippen LogP) is 2.51. The highest BCUT2D eigenvalue weighted by molar-refractivity contribution is 5.85. The quantitative estimate of drug-likeness (QED) is 0.812. The molecule has 6 heteroatoms. The molecule has 0 spiro atoms. The normalized spacial score (nSPS) is 13.2. The van der Waals surface area contributed by atoms with E-state index in [9.17, 15) is 9.18 Å². The number of amides is 1. The van der Waals surface area contributed by atoms with Crippen molar-refractivity contribution in [2.45, 2.75) is 32.7 Å². The Morgan fingerprint density at radius 1 is 1.43 bits per heavy atom. The van der Waals surface area contributed by atoms with Gasteiger partial charge in [-0.05, 0) is 31.4 Å². The van der Waals surface area contributed by atoms with Gasteiger partial charge in [-0.25, -0.2) is 4.39 Å². The van der Waals surface area contributed by atoms with E-state index in [1.807, 2.05) is 6.92 Å². The fourth-order valence-electron chi connectivity index (χ4n) is 2.16. The van der Waals surface area contributed by atoms with Crippen molar-refractivity contribution in [1.29, 1.82) is 0 Å². The maximum Gasteiger partial charge on any atom is 0.258 e. The van der Waals surface area contributed by atoms with Gasteiger partial charge in [0.2, 0.25) is 0 Å². The minimum atomic E-state index is -0.482. The molecule has 1 atom stereocenters. The third-order valence-electron chi connectivity index (χ3n) is 2.95. The van der Waals surface area contributed by atoms with Gasteiger partial charge >= 0.3 is 0 Å². The maximum atomic E-state index is 13.3. The van der Waals surface area contributed by atoms with Crippen LogP contribution >= 0.6 is 12.4 Å². The molecule has 0 bridgehead atoms. The first-order valence-electron chi connectivity index (χ1n) is 6.75. The van der Waals surface area contributed by atoms with Gasteiger partial charge in [0, 0.05) is 12.1 Å². The molecule has 21 heavy (non-hydrogen) atoms. The summed E-state index contributed by atoms with van der Waals surface area (Å²) in [6.45, 7) is 6.14. The molecular formula is C15H24ClFN2O2. The summed E-state index contributed by atoms with van der Waals surface area (Å²) in [6.07, 6.45) is 0.773. The number of carbonyl (C=O) groups is 1. The number of benzene rings is 1. The van der Waals surface area contributed by atoms with E-state index in [2.05, 4.69) is 19.2 Å². The van der Waals surface area contributed by atoms with Gasteiger partial charge in [0.15, 0.2) is 18.2 Å². The van der Waals surface area contributed by atoms with E-state index < -0.39 is 11.4 Å². The minimum Gasteiger partial charge on any atom is -0.481 e. The molecule has 120 valence electrons. The summed E-state index contributed by atoms with van der Waals surface area (Å²) in [5.41, 5.74) is 5.25. The Hall–Kier alpha value is -1.33. The first-order valence-corrected chi connectivity index (χ1v) is 6.75. The van der Waals surface area contributed by atoms with Crippen molar-refractivity contribution < 1.29 is 13.9 Å². The number of nitrogens with one attached hydrogen (secondary N) is 1. The lowest BCUT2D eigenvalue weighted by Gasteiger charge is -2.31. The highest BCUT2D eigenvalue weighted by Gasteiger charge is 2.25. The second-order valence-electron chi connectivity index (χ2n) is 5.63. The molecule has 1 amide bonds. The molecule has 4 nitrogen and oxygen atoms in total. The zero-order valence-corrected chi connectivity index (χ0v) is 13.5. The van der Waals surface area contributed by atoms with Gasteiger partial charge in [-0.1, -0.05) is 26.0 Å². The molecule has 0 heterocycles. The van der Waals surface area contributed by atoms with Gasteiger partial charge in [-0.3, -0.25) is 4.79 Å². The first kappa shape index (κ1) is 19.7. The lowest BCUT2D eigenvalue weighted by Crippen LogP contribution is -2.53. The molecule has 1 aromatic carbocycles. The average molecular weight is 319 g/mol. The summed E-state index contributed by atoms with van der Waals surface area (Å²) in [4.78, 5) is 11.9. The molecule has 0 saturated carbocycles. The largest absolute Gasteiger partial charge is 0.481 e. The zero-order chi connectivity index (χ0) is 15.2. The van der Waals surface area contributed by atoms with Gasteiger partial charge in [0.25, 0.3) is 5.91 Å². The predicted molar refractivity (Wildman–Crippen MR) is 84.2 cm³/mol. The Morgan fingerprint density at radius 2 is 2.05 bits per heavy atom. The third-order valence-corrected chi connectivity index (χ3v) is 2.95. The molecule has 0 radical (unpaired) electrons. The Bertz CT molecular complexity index is 457. The van der Waals surface area contributed by atoms with Crippen molar-refractivity contribution in [3.05, 3.63) is 30.1 Å². The topological polar surface area (TPSA) is 64.3 Å². The smallest absolute Gasteiger partial charge is 0.258 e. The molecule has 0 aliphatic rings. The number of rotatable bonds is 7. The SMILES string of the molecule is CC(C)CC(C)(CN)NC(=O)COc1ccccc1F.Cl. The van der Waals surface area contributed by atoms with Crippen molar-refractivity contribution in [2.24, 2.45) is 11.7 Å². The van der Waals surface area contributed by atoms with E-state index in [0.29, 0.717) is 12.5 Å². The number of para-hydroxylation sites is 1. The van der Waals surface area contributed by atoms with Crippen LogP contribution in [0.5, 0.6) is 5.75 Å². The van der Waals surface area contributed by atoms with Crippen LogP contribution in [-0.2, 0) is 4.79 Å². The van der Waals surface area contributed by atoms with E-state index >= 15 is 0 Å². The Kier molecular flexibility index (Phi) is 8.29. The third kappa shape index (κ3) is 6.78. The summed E-state index contributed by atoms with van der Waals surface area (Å²) >= 11 is 0. The molecule has 1 unspecified atom stereocenters. The van der Waals surface area contributed by atoms with Crippen molar-refractivity contribution in [3.8, 4) is 5.75 Å². The monoisotopic (exact) mass is 318 g/mol. The lowest BCUT2D eigenvalue weighted by atomic mass is 9.91. The molecule has 0 aromatic heterocycles. The van der Waals surface area contributed by atoms with E-state index in [1.54, 1.807) is 12.1 Å². The van der Waals surface area contributed by atoms with Gasteiger partial charge < -0.3 is 15.8 Å². The summed E-state index contributed by atoms with van der Waals surface area (Å²) in [5.74, 6) is -0.303. The zero-order valence-electron chi connectivity index (χ0n) is 12.7. The molecule has 0 aliphatic carbocycles. The maximum absolute atomic E-state index is 13.3. The van der Waals surface area contributed by atoms with Crippen molar-refractivity contribution in [2.75, 3.05) is 13.2 Å². The van der Waals surface area contributed by atoms with Crippen molar-refractivity contribution >= 4 is 18.3 Å². The fraction of sp³-hybridized carbons (Fsp3) is 0.533. The standard InChI is InChI=1S/C15H23FN2O2.ClH/c1-11(2)8-15(3,10-17)18-14(19)9-20-13-7-5-4-6-12(13)16;/h4-7,11H,8-10,17H2,1-3H3,(H,18,19);1H. The number of hydrogen-bond acceptors (Lipinski definition) is 3. The fourth-order valence-corrected chi connectivity index (χ4v) is 2.16. The van der Waals surface area contributed by atoms with E-state index in [4.69, 9.17) is 10.5 Å². The molecule has 1 aromatic rings. The molecule has 3 N–H and O–H groups in total. The average Bonchev–Trinajstić information content (AvgIpc) is 2.36. The Balaban J connectivity index is 0.00000400. The number of halogens is 2. The van der Waals surface area contributed by atoms with E-state index in [1.165, 1.54) is 12.1 Å². The highest BCUT2D eigenvalue weighted by Crippen LogP contribution is 2.17. The summed E-state index contributed by atoms with van der Waals surface area (Å²) < 4.78 is 18.5. The van der Waals surface area contributed by atoms with Crippen LogP contribution < -0.4 is 15.8 Å². The second-order valence-corrected chi connectivity index (χ2v) is 5.63. The van der Waals surface area contributed by atoms with Crippen LogP contribution in [0.3, 0.4) is 0 Å². The summed E-state index contributed by atoms with van der Waals surface area (Å²) in [7, 11) is 0. The Labute approximate surface area is 131 Å². The van der Waals surface area contributed by atoms with Crippen molar-refractivity contribution in [1.82, 2.24) is 5.32 Å². The molecular weight excluding hydrogens is 295 g/mol. The van der Waals surface area contributed by atoms with Crippen LogP contribution in [0.15, 0.2) is 24.3 Å². The summed E-state index contributed by atoms with van der Waals surface area (Å²) in [6, 6.07) is 5.99. The van der Waals surface area contributed by atoms with Crippen LogP contribution in [0.25, 0.3) is 0 Å². The second kappa shape index (κ2) is 8.85. The number of hydrogen-bond donors (Lipinski definition) is 2. The molecule has 0 fully saturated rings. The lowest BCUT2D eigenvalue weighted by molar-refractivity contribution is -0.125. The summed E-state index contributed by atoms with van der Waals surface area (Å²) in [5, 5.41) is 2.85. The molecule has 1 rings (SSSR count). The molecule has 0 aliphatic heterocycles. The first-order chi connectivity index (χ1) is 9.36. The van der Waals surface area contributed by atoms with Crippen LogP contribution in [0.1, 0.15) is 27.2 Å². The minimum absolute atomic E-state index is 0. The Morgan fingerprint density at radius 3 is 2.57 bits per heavy atom. The van der Waals surface area contributed by atoms with E-state index in [-0.39, 0.29) is 30.7 Å². The number of carbonyl (C=O) groups excluding carboxylic acids is 1. The van der Waals surface area contributed by atoms with Crippen molar-refractivity contribution in [3.63, 3.8) is 0 Å². The van der Waals surface area contributed by atoms with Gasteiger partial charge in [0.1, 0.15) is 0 Å².